The van der Waals surface area contributed by atoms with Crippen molar-refractivity contribution in [3.63, 3.8) is 0 Å². The summed E-state index contributed by atoms with van der Waals surface area (Å²) in [6.07, 6.45) is 3.38. The summed E-state index contributed by atoms with van der Waals surface area (Å²) in [5, 5.41) is 6.43. The van der Waals surface area contributed by atoms with Gasteiger partial charge < -0.3 is 20.3 Å². The normalized spacial score (nSPS) is 26.4. The van der Waals surface area contributed by atoms with Gasteiger partial charge in [0.2, 0.25) is 5.91 Å². The Hall–Kier alpha value is -2.08. The molecule has 1 aromatic rings. The second-order valence-corrected chi connectivity index (χ2v) is 7.36. The summed E-state index contributed by atoms with van der Waals surface area (Å²) in [5.41, 5.74) is -0.0330. The lowest BCUT2D eigenvalue weighted by Gasteiger charge is -2.40. The van der Waals surface area contributed by atoms with Gasteiger partial charge in [0.15, 0.2) is 0 Å². The lowest BCUT2D eigenvalue weighted by Crippen LogP contribution is -2.55. The first-order valence-electron chi connectivity index (χ1n) is 9.18. The van der Waals surface area contributed by atoms with Crippen LogP contribution in [0.3, 0.4) is 0 Å². The van der Waals surface area contributed by atoms with E-state index in [9.17, 15) is 9.59 Å². The number of benzene rings is 1. The SMILES string of the molecule is CCC1OC2(CCN(C(=O)C3(Nc4ccccc4)CC3)CC2)NC1=O. The average Bonchev–Trinajstić information content (AvgIpc) is 3.34. The number of para-hydroxylation sites is 1. The predicted octanol–water partition coefficient (Wildman–Crippen LogP) is 1.87. The molecule has 6 nitrogen and oxygen atoms in total. The maximum atomic E-state index is 13.0. The van der Waals surface area contributed by atoms with Crippen molar-refractivity contribution in [2.45, 2.75) is 56.4 Å². The van der Waals surface area contributed by atoms with Crippen molar-refractivity contribution in [1.82, 2.24) is 10.2 Å². The Morgan fingerprint density at radius 3 is 2.48 bits per heavy atom. The first-order chi connectivity index (χ1) is 12.1. The summed E-state index contributed by atoms with van der Waals surface area (Å²) < 4.78 is 5.96. The molecule has 3 aliphatic rings. The third-order valence-corrected chi connectivity index (χ3v) is 5.56. The van der Waals surface area contributed by atoms with Gasteiger partial charge in [-0.3, -0.25) is 9.59 Å². The fourth-order valence-corrected chi connectivity index (χ4v) is 3.86. The van der Waals surface area contributed by atoms with E-state index in [1.54, 1.807) is 0 Å². The Kier molecular flexibility index (Phi) is 3.95. The molecule has 0 bridgehead atoms. The van der Waals surface area contributed by atoms with E-state index in [0.29, 0.717) is 32.4 Å². The van der Waals surface area contributed by atoms with E-state index in [2.05, 4.69) is 10.6 Å². The van der Waals surface area contributed by atoms with Gasteiger partial charge in [0, 0.05) is 31.6 Å². The number of hydrogen-bond donors (Lipinski definition) is 2. The maximum absolute atomic E-state index is 13.0. The van der Waals surface area contributed by atoms with E-state index in [1.807, 2.05) is 42.2 Å². The monoisotopic (exact) mass is 343 g/mol. The number of nitrogens with one attached hydrogen (secondary N) is 2. The van der Waals surface area contributed by atoms with Gasteiger partial charge in [-0.05, 0) is 31.4 Å². The van der Waals surface area contributed by atoms with Crippen LogP contribution >= 0.6 is 0 Å². The largest absolute Gasteiger partial charge is 0.371 e. The highest BCUT2D eigenvalue weighted by Crippen LogP contribution is 2.42. The molecular formula is C19H25N3O3. The molecule has 1 atom stereocenters. The van der Waals surface area contributed by atoms with Gasteiger partial charge in [-0.15, -0.1) is 0 Å². The third kappa shape index (κ3) is 2.99. The van der Waals surface area contributed by atoms with Crippen LogP contribution in [-0.4, -0.2) is 47.2 Å². The van der Waals surface area contributed by atoms with E-state index >= 15 is 0 Å². The highest BCUT2D eigenvalue weighted by atomic mass is 16.5. The van der Waals surface area contributed by atoms with Crippen molar-refractivity contribution in [1.29, 1.82) is 0 Å². The molecule has 1 aliphatic carbocycles. The molecule has 1 unspecified atom stereocenters. The van der Waals surface area contributed by atoms with Crippen molar-refractivity contribution >= 4 is 17.5 Å². The lowest BCUT2D eigenvalue weighted by molar-refractivity contribution is -0.141. The van der Waals surface area contributed by atoms with Gasteiger partial charge in [0.05, 0.1) is 0 Å². The number of anilines is 1. The molecule has 0 aromatic heterocycles. The van der Waals surface area contributed by atoms with E-state index < -0.39 is 11.3 Å². The van der Waals surface area contributed by atoms with Gasteiger partial charge in [-0.1, -0.05) is 25.1 Å². The molecule has 134 valence electrons. The molecule has 1 saturated carbocycles. The second-order valence-electron chi connectivity index (χ2n) is 7.36. The molecule has 2 amide bonds. The summed E-state index contributed by atoms with van der Waals surface area (Å²) >= 11 is 0. The molecule has 3 fully saturated rings. The van der Waals surface area contributed by atoms with Crippen LogP contribution in [0.15, 0.2) is 30.3 Å². The zero-order chi connectivity index (χ0) is 17.5. The zero-order valence-corrected chi connectivity index (χ0v) is 14.6. The van der Waals surface area contributed by atoms with Gasteiger partial charge >= 0.3 is 0 Å². The Balaban J connectivity index is 1.38. The Morgan fingerprint density at radius 2 is 1.92 bits per heavy atom. The number of ether oxygens (including phenoxy) is 1. The maximum Gasteiger partial charge on any atom is 0.251 e. The number of piperidine rings is 1. The molecule has 2 N–H and O–H groups in total. The van der Waals surface area contributed by atoms with Crippen LogP contribution in [0.1, 0.15) is 39.0 Å². The summed E-state index contributed by atoms with van der Waals surface area (Å²) in [5.74, 6) is 0.147. The minimum atomic E-state index is -0.571. The third-order valence-electron chi connectivity index (χ3n) is 5.56. The van der Waals surface area contributed by atoms with Crippen LogP contribution < -0.4 is 10.6 Å². The fraction of sp³-hybridized carbons (Fsp3) is 0.579. The van der Waals surface area contributed by atoms with Crippen molar-refractivity contribution in [3.8, 4) is 0 Å². The van der Waals surface area contributed by atoms with Crippen molar-refractivity contribution < 1.29 is 14.3 Å². The average molecular weight is 343 g/mol. The van der Waals surface area contributed by atoms with Gasteiger partial charge in [-0.25, -0.2) is 0 Å². The minimum absolute atomic E-state index is 0.0216. The van der Waals surface area contributed by atoms with Gasteiger partial charge in [0.25, 0.3) is 5.91 Å². The summed E-state index contributed by atoms with van der Waals surface area (Å²) in [4.78, 5) is 26.9. The van der Waals surface area contributed by atoms with Crippen LogP contribution in [0.2, 0.25) is 0 Å². The minimum Gasteiger partial charge on any atom is -0.371 e. The zero-order valence-electron chi connectivity index (χ0n) is 14.6. The number of likely N-dealkylation sites (tertiary alicyclic amines) is 1. The number of carbonyl (C=O) groups excluding carboxylic acids is 2. The topological polar surface area (TPSA) is 70.7 Å². The molecule has 1 spiro atoms. The number of nitrogens with zero attached hydrogens (tertiary/aromatic N) is 1. The van der Waals surface area contributed by atoms with Gasteiger partial charge in [-0.2, -0.15) is 0 Å². The van der Waals surface area contributed by atoms with Crippen molar-refractivity contribution in [2.75, 3.05) is 18.4 Å². The summed E-state index contributed by atoms with van der Waals surface area (Å²) in [6, 6.07) is 9.89. The van der Waals surface area contributed by atoms with Crippen molar-refractivity contribution in [2.24, 2.45) is 0 Å². The Labute approximate surface area is 147 Å². The molecule has 0 radical (unpaired) electrons. The van der Waals surface area contributed by atoms with Crippen LogP contribution in [0.25, 0.3) is 0 Å². The molecule has 2 saturated heterocycles. The molecule has 6 heteroatoms. The first kappa shape index (κ1) is 16.4. The lowest BCUT2D eigenvalue weighted by atomic mass is 9.99. The molecule has 2 aliphatic heterocycles. The number of carbonyl (C=O) groups is 2. The van der Waals surface area contributed by atoms with E-state index in [4.69, 9.17) is 4.74 Å². The fourth-order valence-electron chi connectivity index (χ4n) is 3.86. The van der Waals surface area contributed by atoms with E-state index in [-0.39, 0.29) is 17.9 Å². The smallest absolute Gasteiger partial charge is 0.251 e. The second kappa shape index (κ2) is 6.02. The van der Waals surface area contributed by atoms with Crippen LogP contribution in [0, 0.1) is 0 Å². The van der Waals surface area contributed by atoms with Gasteiger partial charge in [0.1, 0.15) is 17.4 Å². The van der Waals surface area contributed by atoms with Crippen LogP contribution in [0.5, 0.6) is 0 Å². The Morgan fingerprint density at radius 1 is 1.24 bits per heavy atom. The van der Waals surface area contributed by atoms with Crippen LogP contribution in [0.4, 0.5) is 5.69 Å². The van der Waals surface area contributed by atoms with E-state index in [1.165, 1.54) is 0 Å². The first-order valence-corrected chi connectivity index (χ1v) is 9.18. The molecule has 25 heavy (non-hydrogen) atoms. The number of rotatable bonds is 4. The standard InChI is InChI=1S/C19H25N3O3/c1-2-15-16(23)21-19(25-15)10-12-22(13-11-19)17(24)18(8-9-18)20-14-6-4-3-5-7-14/h3-7,15,20H,2,8-13H2,1H3,(H,21,23). The Bertz CT molecular complexity index is 664. The predicted molar refractivity (Wildman–Crippen MR) is 93.9 cm³/mol. The molecule has 2 heterocycles. The molecule has 1 aromatic carbocycles. The molecule has 4 rings (SSSR count). The quantitative estimate of drug-likeness (QED) is 0.876. The van der Waals surface area contributed by atoms with Crippen LogP contribution in [-0.2, 0) is 14.3 Å². The molecular weight excluding hydrogens is 318 g/mol. The number of amides is 2. The summed E-state index contributed by atoms with van der Waals surface area (Å²) in [6.45, 7) is 3.19. The number of hydrogen-bond acceptors (Lipinski definition) is 4. The highest BCUT2D eigenvalue weighted by Gasteiger charge is 2.54. The summed E-state index contributed by atoms with van der Waals surface area (Å²) in [7, 11) is 0. The van der Waals surface area contributed by atoms with Crippen molar-refractivity contribution in [3.05, 3.63) is 30.3 Å². The highest BCUT2D eigenvalue weighted by molar-refractivity contribution is 5.92. The van der Waals surface area contributed by atoms with E-state index in [0.717, 1.165) is 18.5 Å².